The Labute approximate surface area is 196 Å². The Morgan fingerprint density at radius 1 is 1.09 bits per heavy atom. The Kier molecular flexibility index (Phi) is 6.53. The van der Waals surface area contributed by atoms with Gasteiger partial charge in [-0.3, -0.25) is 4.79 Å². The summed E-state index contributed by atoms with van der Waals surface area (Å²) in [4.78, 5) is 20.7. The minimum atomic E-state index is -0.231. The van der Waals surface area contributed by atoms with Crippen LogP contribution in [-0.2, 0) is 6.42 Å². The molecule has 0 radical (unpaired) electrons. The standard InChI is InChI=1S/C24H24Cl2N4O2/c1-4-12-32-16-10-8-15(9-11-16)13-19-27-23-20(24(31)28-19)21(14(2)3)29-30(23)22-17(25)6-5-7-18(22)26/h5-11,14H,4,12-13H2,1-3H3,(H,27,28,31). The van der Waals surface area contributed by atoms with Gasteiger partial charge in [-0.15, -0.1) is 0 Å². The second-order valence-electron chi connectivity index (χ2n) is 7.90. The van der Waals surface area contributed by atoms with Crippen LogP contribution in [0.25, 0.3) is 16.7 Å². The van der Waals surface area contributed by atoms with Crippen molar-refractivity contribution in [1.29, 1.82) is 0 Å². The van der Waals surface area contributed by atoms with Crippen molar-refractivity contribution in [3.8, 4) is 11.4 Å². The van der Waals surface area contributed by atoms with Gasteiger partial charge in [0.15, 0.2) is 5.65 Å². The van der Waals surface area contributed by atoms with E-state index in [0.717, 1.165) is 17.7 Å². The van der Waals surface area contributed by atoms with E-state index >= 15 is 0 Å². The number of benzene rings is 2. The highest BCUT2D eigenvalue weighted by Gasteiger charge is 2.22. The van der Waals surface area contributed by atoms with Crippen molar-refractivity contribution in [1.82, 2.24) is 19.7 Å². The van der Waals surface area contributed by atoms with Crippen molar-refractivity contribution in [3.63, 3.8) is 0 Å². The van der Waals surface area contributed by atoms with Gasteiger partial charge in [-0.05, 0) is 42.2 Å². The zero-order chi connectivity index (χ0) is 22.8. The lowest BCUT2D eigenvalue weighted by atomic mass is 10.1. The quantitative estimate of drug-likeness (QED) is 0.363. The highest BCUT2D eigenvalue weighted by molar-refractivity contribution is 6.37. The van der Waals surface area contributed by atoms with Gasteiger partial charge in [-0.1, -0.05) is 62.2 Å². The first-order valence-corrected chi connectivity index (χ1v) is 11.3. The molecule has 0 atom stereocenters. The van der Waals surface area contributed by atoms with E-state index in [4.69, 9.17) is 32.9 Å². The molecule has 2 aromatic carbocycles. The summed E-state index contributed by atoms with van der Waals surface area (Å²) in [5, 5.41) is 5.99. The number of nitrogens with zero attached hydrogens (tertiary/aromatic N) is 3. The van der Waals surface area contributed by atoms with Crippen LogP contribution in [0.15, 0.2) is 47.3 Å². The number of nitrogens with one attached hydrogen (secondary N) is 1. The van der Waals surface area contributed by atoms with Crippen LogP contribution in [0.4, 0.5) is 0 Å². The number of rotatable bonds is 7. The molecular formula is C24H24Cl2N4O2. The number of fused-ring (bicyclic) bond motifs is 1. The maximum atomic E-state index is 13.1. The molecule has 0 saturated heterocycles. The van der Waals surface area contributed by atoms with Crippen molar-refractivity contribution in [2.45, 2.75) is 39.5 Å². The van der Waals surface area contributed by atoms with Crippen molar-refractivity contribution in [2.75, 3.05) is 6.61 Å². The Morgan fingerprint density at radius 3 is 2.41 bits per heavy atom. The molecule has 2 heterocycles. The van der Waals surface area contributed by atoms with Crippen LogP contribution in [0.1, 0.15) is 50.2 Å². The lowest BCUT2D eigenvalue weighted by molar-refractivity contribution is 0.317. The predicted octanol–water partition coefficient (Wildman–Crippen LogP) is 5.92. The fourth-order valence-corrected chi connectivity index (χ4v) is 4.11. The number of H-pyrrole nitrogens is 1. The van der Waals surface area contributed by atoms with Crippen LogP contribution < -0.4 is 10.3 Å². The van der Waals surface area contributed by atoms with Gasteiger partial charge in [0.2, 0.25) is 0 Å². The van der Waals surface area contributed by atoms with Gasteiger partial charge in [0, 0.05) is 6.42 Å². The molecule has 0 spiro atoms. The summed E-state index contributed by atoms with van der Waals surface area (Å²) in [7, 11) is 0. The molecule has 0 aliphatic carbocycles. The van der Waals surface area contributed by atoms with E-state index in [9.17, 15) is 4.79 Å². The zero-order valence-corrected chi connectivity index (χ0v) is 19.7. The van der Waals surface area contributed by atoms with Crippen molar-refractivity contribution >= 4 is 34.2 Å². The first kappa shape index (κ1) is 22.4. The first-order valence-electron chi connectivity index (χ1n) is 10.6. The number of halogens is 2. The average Bonchev–Trinajstić information content (AvgIpc) is 3.13. The molecular weight excluding hydrogens is 447 g/mol. The van der Waals surface area contributed by atoms with Gasteiger partial charge >= 0.3 is 0 Å². The summed E-state index contributed by atoms with van der Waals surface area (Å²) >= 11 is 12.9. The molecule has 4 rings (SSSR count). The van der Waals surface area contributed by atoms with E-state index in [1.165, 1.54) is 0 Å². The molecule has 166 valence electrons. The molecule has 6 nitrogen and oxygen atoms in total. The Bertz CT molecular complexity index is 1290. The number of ether oxygens (including phenoxy) is 1. The van der Waals surface area contributed by atoms with E-state index in [0.29, 0.717) is 51.3 Å². The summed E-state index contributed by atoms with van der Waals surface area (Å²) in [6.45, 7) is 6.71. The van der Waals surface area contributed by atoms with Gasteiger partial charge in [0.05, 0.1) is 22.3 Å². The fraction of sp³-hybridized carbons (Fsp3) is 0.292. The monoisotopic (exact) mass is 470 g/mol. The first-order chi connectivity index (χ1) is 15.4. The molecule has 0 saturated carbocycles. The Morgan fingerprint density at radius 2 is 1.78 bits per heavy atom. The van der Waals surface area contributed by atoms with Crippen LogP contribution in [0.2, 0.25) is 10.0 Å². The SMILES string of the molecule is CCCOc1ccc(Cc2nc3c(c(C(C)C)nn3-c3c(Cl)cccc3Cl)c(=O)[nH]2)cc1. The number of hydrogen-bond donors (Lipinski definition) is 1. The van der Waals surface area contributed by atoms with Crippen LogP contribution in [-0.4, -0.2) is 26.4 Å². The van der Waals surface area contributed by atoms with Crippen LogP contribution in [0.3, 0.4) is 0 Å². The number of para-hydroxylation sites is 1. The molecule has 0 aliphatic heterocycles. The molecule has 0 amide bonds. The highest BCUT2D eigenvalue weighted by Crippen LogP contribution is 2.32. The fourth-order valence-electron chi connectivity index (χ4n) is 3.55. The summed E-state index contributed by atoms with van der Waals surface area (Å²) in [5.41, 5.74) is 2.36. The molecule has 0 fully saturated rings. The van der Waals surface area contributed by atoms with E-state index in [1.54, 1.807) is 22.9 Å². The molecule has 0 aliphatic rings. The molecule has 0 unspecified atom stereocenters. The predicted molar refractivity (Wildman–Crippen MR) is 129 cm³/mol. The van der Waals surface area contributed by atoms with E-state index < -0.39 is 0 Å². The van der Waals surface area contributed by atoms with Crippen LogP contribution in [0, 0.1) is 0 Å². The van der Waals surface area contributed by atoms with Crippen LogP contribution in [0.5, 0.6) is 5.75 Å². The van der Waals surface area contributed by atoms with E-state index in [-0.39, 0.29) is 11.5 Å². The molecule has 1 N–H and O–H groups in total. The van der Waals surface area contributed by atoms with Gasteiger partial charge in [0.1, 0.15) is 22.6 Å². The minimum Gasteiger partial charge on any atom is -0.494 e. The van der Waals surface area contributed by atoms with Gasteiger partial charge < -0.3 is 9.72 Å². The van der Waals surface area contributed by atoms with Crippen molar-refractivity contribution in [3.05, 3.63) is 79.9 Å². The highest BCUT2D eigenvalue weighted by atomic mass is 35.5. The van der Waals surface area contributed by atoms with Gasteiger partial charge in [-0.25, -0.2) is 9.67 Å². The zero-order valence-electron chi connectivity index (χ0n) is 18.2. The number of hydrogen-bond acceptors (Lipinski definition) is 4. The third-order valence-corrected chi connectivity index (χ3v) is 5.69. The minimum absolute atomic E-state index is 0.0180. The topological polar surface area (TPSA) is 72.8 Å². The molecule has 32 heavy (non-hydrogen) atoms. The lowest BCUT2D eigenvalue weighted by Gasteiger charge is -2.09. The van der Waals surface area contributed by atoms with Gasteiger partial charge in [0.25, 0.3) is 5.56 Å². The summed E-state index contributed by atoms with van der Waals surface area (Å²) in [5.74, 6) is 1.37. The largest absolute Gasteiger partial charge is 0.494 e. The Balaban J connectivity index is 1.81. The lowest BCUT2D eigenvalue weighted by Crippen LogP contribution is -2.14. The smallest absolute Gasteiger partial charge is 0.262 e. The molecule has 0 bridgehead atoms. The van der Waals surface area contributed by atoms with Gasteiger partial charge in [-0.2, -0.15) is 5.10 Å². The molecule has 8 heteroatoms. The summed E-state index contributed by atoms with van der Waals surface area (Å²) in [6.07, 6.45) is 1.41. The maximum absolute atomic E-state index is 13.1. The van der Waals surface area contributed by atoms with E-state index in [2.05, 4.69) is 17.0 Å². The average molecular weight is 471 g/mol. The number of aromatic amines is 1. The van der Waals surface area contributed by atoms with E-state index in [1.807, 2.05) is 38.1 Å². The number of aromatic nitrogens is 4. The maximum Gasteiger partial charge on any atom is 0.262 e. The van der Waals surface area contributed by atoms with Crippen molar-refractivity contribution < 1.29 is 4.74 Å². The van der Waals surface area contributed by atoms with Crippen molar-refractivity contribution in [2.24, 2.45) is 0 Å². The Hall–Kier alpha value is -2.83. The normalized spacial score (nSPS) is 11.4. The third-order valence-electron chi connectivity index (χ3n) is 5.08. The van der Waals surface area contributed by atoms with Crippen LogP contribution >= 0.6 is 23.2 Å². The second kappa shape index (κ2) is 9.35. The summed E-state index contributed by atoms with van der Waals surface area (Å²) < 4.78 is 7.22. The molecule has 2 aromatic heterocycles. The second-order valence-corrected chi connectivity index (χ2v) is 8.72. The molecule has 4 aromatic rings. The third kappa shape index (κ3) is 4.38. The summed E-state index contributed by atoms with van der Waals surface area (Å²) in [6, 6.07) is 13.0.